The molecule has 1 atom stereocenters. The number of hydrogen-bond donors (Lipinski definition) is 1. The highest BCUT2D eigenvalue weighted by molar-refractivity contribution is 5.38. The highest BCUT2D eigenvalue weighted by Gasteiger charge is 2.12. The van der Waals surface area contributed by atoms with Crippen LogP contribution in [0.15, 0.2) is 12.1 Å². The molecule has 1 rings (SSSR count). The van der Waals surface area contributed by atoms with E-state index in [9.17, 15) is 0 Å². The van der Waals surface area contributed by atoms with Gasteiger partial charge in [0, 0.05) is 19.1 Å². The lowest BCUT2D eigenvalue weighted by molar-refractivity contribution is 0.617. The van der Waals surface area contributed by atoms with Crippen LogP contribution in [0.5, 0.6) is 0 Å². The van der Waals surface area contributed by atoms with Crippen molar-refractivity contribution in [3.8, 4) is 0 Å². The SMILES string of the molecule is CCC(C)N(CC)c1ccc(CNC)nn1. The summed E-state index contributed by atoms with van der Waals surface area (Å²) in [7, 11) is 1.91. The van der Waals surface area contributed by atoms with E-state index in [1.54, 1.807) is 0 Å². The van der Waals surface area contributed by atoms with Gasteiger partial charge < -0.3 is 10.2 Å². The first-order valence-corrected chi connectivity index (χ1v) is 5.96. The third-order valence-corrected chi connectivity index (χ3v) is 2.82. The molecular formula is C12H22N4. The van der Waals surface area contributed by atoms with Gasteiger partial charge in [0.1, 0.15) is 0 Å². The van der Waals surface area contributed by atoms with Gasteiger partial charge in [0.2, 0.25) is 0 Å². The van der Waals surface area contributed by atoms with Gasteiger partial charge in [-0.15, -0.1) is 5.10 Å². The van der Waals surface area contributed by atoms with Gasteiger partial charge >= 0.3 is 0 Å². The molecule has 16 heavy (non-hydrogen) atoms. The molecule has 0 bridgehead atoms. The van der Waals surface area contributed by atoms with Gasteiger partial charge in [0.25, 0.3) is 0 Å². The number of aromatic nitrogens is 2. The number of hydrogen-bond acceptors (Lipinski definition) is 4. The molecule has 0 saturated heterocycles. The molecule has 0 amide bonds. The summed E-state index contributed by atoms with van der Waals surface area (Å²) in [6.45, 7) is 8.29. The lowest BCUT2D eigenvalue weighted by Crippen LogP contribution is -2.33. The van der Waals surface area contributed by atoms with Crippen molar-refractivity contribution in [1.29, 1.82) is 0 Å². The predicted octanol–water partition coefficient (Wildman–Crippen LogP) is 1.82. The first-order valence-electron chi connectivity index (χ1n) is 5.96. The summed E-state index contributed by atoms with van der Waals surface area (Å²) >= 11 is 0. The summed E-state index contributed by atoms with van der Waals surface area (Å²) < 4.78 is 0. The zero-order valence-electron chi connectivity index (χ0n) is 10.7. The second-order valence-corrected chi connectivity index (χ2v) is 3.96. The van der Waals surface area contributed by atoms with E-state index in [4.69, 9.17) is 0 Å². The summed E-state index contributed by atoms with van der Waals surface area (Å²) in [4.78, 5) is 2.27. The molecule has 0 fully saturated rings. The summed E-state index contributed by atoms with van der Waals surface area (Å²) in [6, 6.07) is 4.59. The van der Waals surface area contributed by atoms with Crippen LogP contribution in [0.4, 0.5) is 5.82 Å². The predicted molar refractivity (Wildman–Crippen MR) is 67.6 cm³/mol. The van der Waals surface area contributed by atoms with Crippen molar-refractivity contribution in [3.05, 3.63) is 17.8 Å². The maximum Gasteiger partial charge on any atom is 0.151 e. The van der Waals surface area contributed by atoms with Gasteiger partial charge in [0.15, 0.2) is 5.82 Å². The molecule has 1 aromatic rings. The largest absolute Gasteiger partial charge is 0.353 e. The number of nitrogens with zero attached hydrogens (tertiary/aromatic N) is 3. The van der Waals surface area contributed by atoms with Crippen molar-refractivity contribution < 1.29 is 0 Å². The van der Waals surface area contributed by atoms with E-state index in [0.717, 1.165) is 31.0 Å². The van der Waals surface area contributed by atoms with E-state index in [1.807, 2.05) is 13.1 Å². The minimum Gasteiger partial charge on any atom is -0.353 e. The molecule has 4 heteroatoms. The summed E-state index contributed by atoms with van der Waals surface area (Å²) in [5.41, 5.74) is 0.978. The Labute approximate surface area is 98.1 Å². The third-order valence-electron chi connectivity index (χ3n) is 2.82. The van der Waals surface area contributed by atoms with E-state index in [1.165, 1.54) is 0 Å². The fraction of sp³-hybridized carbons (Fsp3) is 0.667. The molecule has 1 aromatic heterocycles. The molecule has 0 aliphatic heterocycles. The number of rotatable bonds is 6. The second kappa shape index (κ2) is 6.43. The Kier molecular flexibility index (Phi) is 5.19. The Balaban J connectivity index is 2.78. The highest BCUT2D eigenvalue weighted by Crippen LogP contribution is 2.14. The van der Waals surface area contributed by atoms with E-state index < -0.39 is 0 Å². The van der Waals surface area contributed by atoms with Crippen LogP contribution in [0.3, 0.4) is 0 Å². The molecule has 0 aliphatic rings. The molecule has 90 valence electrons. The van der Waals surface area contributed by atoms with Crippen molar-refractivity contribution in [2.24, 2.45) is 0 Å². The van der Waals surface area contributed by atoms with Crippen LogP contribution >= 0.6 is 0 Å². The molecular weight excluding hydrogens is 200 g/mol. The van der Waals surface area contributed by atoms with Gasteiger partial charge in [0.05, 0.1) is 5.69 Å². The van der Waals surface area contributed by atoms with Gasteiger partial charge in [-0.05, 0) is 39.4 Å². The first-order chi connectivity index (χ1) is 7.72. The summed E-state index contributed by atoms with van der Waals surface area (Å²) in [5.74, 6) is 0.969. The lowest BCUT2D eigenvalue weighted by Gasteiger charge is -2.27. The topological polar surface area (TPSA) is 41.0 Å². The minimum absolute atomic E-state index is 0.509. The normalized spacial score (nSPS) is 12.5. The molecule has 4 nitrogen and oxygen atoms in total. The molecule has 1 N–H and O–H groups in total. The Morgan fingerprint density at radius 2 is 2.06 bits per heavy atom. The smallest absolute Gasteiger partial charge is 0.151 e. The first kappa shape index (κ1) is 12.9. The maximum atomic E-state index is 4.27. The number of nitrogens with one attached hydrogen (secondary N) is 1. The Morgan fingerprint density at radius 1 is 1.31 bits per heavy atom. The van der Waals surface area contributed by atoms with Crippen LogP contribution in [-0.4, -0.2) is 29.8 Å². The van der Waals surface area contributed by atoms with Crippen LogP contribution in [0.25, 0.3) is 0 Å². The fourth-order valence-electron chi connectivity index (χ4n) is 1.70. The average Bonchev–Trinajstić information content (AvgIpc) is 2.32. The summed E-state index contributed by atoms with van der Waals surface area (Å²) in [6.07, 6.45) is 1.12. The van der Waals surface area contributed by atoms with Crippen molar-refractivity contribution in [3.63, 3.8) is 0 Å². The van der Waals surface area contributed by atoms with Gasteiger partial charge in [-0.1, -0.05) is 6.92 Å². The van der Waals surface area contributed by atoms with Crippen molar-refractivity contribution in [2.45, 2.75) is 39.8 Å². The van der Waals surface area contributed by atoms with E-state index in [0.29, 0.717) is 6.04 Å². The van der Waals surface area contributed by atoms with E-state index >= 15 is 0 Å². The highest BCUT2D eigenvalue weighted by atomic mass is 15.3. The minimum atomic E-state index is 0.509. The Morgan fingerprint density at radius 3 is 2.50 bits per heavy atom. The molecule has 0 aromatic carbocycles. The quantitative estimate of drug-likeness (QED) is 0.797. The maximum absolute atomic E-state index is 4.27. The van der Waals surface area contributed by atoms with Crippen LogP contribution < -0.4 is 10.2 Å². The average molecular weight is 222 g/mol. The van der Waals surface area contributed by atoms with Crippen LogP contribution in [0.2, 0.25) is 0 Å². The molecule has 1 heterocycles. The van der Waals surface area contributed by atoms with Crippen LogP contribution in [-0.2, 0) is 6.54 Å². The fourth-order valence-corrected chi connectivity index (χ4v) is 1.70. The van der Waals surface area contributed by atoms with Crippen molar-refractivity contribution in [1.82, 2.24) is 15.5 Å². The molecule has 0 aliphatic carbocycles. The lowest BCUT2D eigenvalue weighted by atomic mass is 10.2. The molecule has 0 spiro atoms. The standard InChI is InChI=1S/C12H22N4/c1-5-10(3)16(6-2)12-8-7-11(9-13-4)14-15-12/h7-8,10,13H,5-6,9H2,1-4H3. The monoisotopic (exact) mass is 222 g/mol. The Hall–Kier alpha value is -1.16. The van der Waals surface area contributed by atoms with E-state index in [-0.39, 0.29) is 0 Å². The Bertz CT molecular complexity index is 296. The van der Waals surface area contributed by atoms with Gasteiger partial charge in [-0.3, -0.25) is 0 Å². The van der Waals surface area contributed by atoms with E-state index in [2.05, 4.69) is 47.3 Å². The third kappa shape index (κ3) is 3.17. The van der Waals surface area contributed by atoms with Gasteiger partial charge in [-0.2, -0.15) is 5.10 Å². The zero-order valence-corrected chi connectivity index (χ0v) is 10.7. The molecule has 0 saturated carbocycles. The molecule has 1 unspecified atom stereocenters. The zero-order chi connectivity index (χ0) is 12.0. The van der Waals surface area contributed by atoms with Crippen LogP contribution in [0, 0.1) is 0 Å². The van der Waals surface area contributed by atoms with Crippen LogP contribution in [0.1, 0.15) is 32.9 Å². The summed E-state index contributed by atoms with van der Waals surface area (Å²) in [5, 5.41) is 11.5. The number of anilines is 1. The molecule has 0 radical (unpaired) electrons. The van der Waals surface area contributed by atoms with Crippen molar-refractivity contribution >= 4 is 5.82 Å². The second-order valence-electron chi connectivity index (χ2n) is 3.96. The van der Waals surface area contributed by atoms with Gasteiger partial charge in [-0.25, -0.2) is 0 Å². The van der Waals surface area contributed by atoms with Crippen molar-refractivity contribution in [2.75, 3.05) is 18.5 Å².